The lowest BCUT2D eigenvalue weighted by Gasteiger charge is -2.16. The van der Waals surface area contributed by atoms with Crippen molar-refractivity contribution in [2.45, 2.75) is 20.4 Å². The molecule has 1 heterocycles. The van der Waals surface area contributed by atoms with Gasteiger partial charge in [0.25, 0.3) is 5.56 Å². The summed E-state index contributed by atoms with van der Waals surface area (Å²) in [6, 6.07) is 12.0. The minimum Gasteiger partial charge on any atom is -0.494 e. The normalized spacial score (nSPS) is 10.5. The number of benzene rings is 2. The van der Waals surface area contributed by atoms with Gasteiger partial charge in [0.1, 0.15) is 23.2 Å². The van der Waals surface area contributed by atoms with E-state index in [0.29, 0.717) is 16.3 Å². The number of carbonyl (C=O) groups excluding carboxylic acids is 1. The van der Waals surface area contributed by atoms with Gasteiger partial charge in [0.2, 0.25) is 11.7 Å². The Morgan fingerprint density at radius 3 is 2.52 bits per heavy atom. The summed E-state index contributed by atoms with van der Waals surface area (Å²) in [4.78, 5) is 25.6. The molecule has 1 N–H and O–H groups in total. The fraction of sp³-hybridized carbons (Fsp3) is 0.174. The summed E-state index contributed by atoms with van der Waals surface area (Å²) in [6.07, 6.45) is 0. The van der Waals surface area contributed by atoms with Crippen LogP contribution in [0.4, 0.5) is 4.39 Å². The molecular formula is C23H18ClFN2O4. The molecule has 8 heteroatoms. The number of hydrogen-bond acceptors (Lipinski definition) is 5. The molecule has 0 unspecified atom stereocenters. The van der Waals surface area contributed by atoms with E-state index < -0.39 is 29.6 Å². The first-order chi connectivity index (χ1) is 14.7. The van der Waals surface area contributed by atoms with Crippen LogP contribution in [0.5, 0.6) is 11.6 Å². The lowest BCUT2D eigenvalue weighted by molar-refractivity contribution is 0.0916. The minimum atomic E-state index is -0.743. The molecule has 2 aromatic carbocycles. The second-order valence-electron chi connectivity index (χ2n) is 6.95. The van der Waals surface area contributed by atoms with E-state index in [-0.39, 0.29) is 23.2 Å². The minimum absolute atomic E-state index is 0.0711. The number of carbonyl (C=O) groups is 1. The zero-order chi connectivity index (χ0) is 22.7. The van der Waals surface area contributed by atoms with Crippen LogP contribution < -0.4 is 10.3 Å². The first kappa shape index (κ1) is 22.1. The molecule has 3 rings (SSSR count). The van der Waals surface area contributed by atoms with E-state index in [0.717, 1.165) is 10.1 Å². The highest BCUT2D eigenvalue weighted by Gasteiger charge is 2.24. The van der Waals surface area contributed by atoms with Crippen molar-refractivity contribution >= 4 is 17.4 Å². The predicted molar refractivity (Wildman–Crippen MR) is 113 cm³/mol. The molecule has 0 amide bonds. The number of aryl methyl sites for hydroxylation is 1. The molecule has 0 aliphatic carbocycles. The Balaban J connectivity index is 1.98. The van der Waals surface area contributed by atoms with Crippen LogP contribution in [0.15, 0.2) is 47.3 Å². The van der Waals surface area contributed by atoms with Gasteiger partial charge in [0.05, 0.1) is 12.1 Å². The molecule has 31 heavy (non-hydrogen) atoms. The van der Waals surface area contributed by atoms with E-state index in [9.17, 15) is 24.3 Å². The van der Waals surface area contributed by atoms with Crippen LogP contribution in [0.25, 0.3) is 0 Å². The molecule has 0 radical (unpaired) electrons. The topological polar surface area (TPSA) is 92.3 Å². The van der Waals surface area contributed by atoms with E-state index in [1.165, 1.54) is 31.2 Å². The van der Waals surface area contributed by atoms with Gasteiger partial charge in [-0.15, -0.1) is 0 Å². The monoisotopic (exact) mass is 440 g/mol. The number of halogens is 2. The Hall–Kier alpha value is -3.63. The number of aromatic nitrogens is 1. The molecule has 3 aromatic rings. The molecular weight excluding hydrogens is 423 g/mol. The van der Waals surface area contributed by atoms with Gasteiger partial charge in [0, 0.05) is 5.02 Å². The standard InChI is InChI=1S/C23H18ClFN2O4/c1-13-9-16(24)5-8-20(13)31-12-19(28)21-14(2)18(10-26)22(29)27(23(21)30)11-15-3-6-17(25)7-4-15/h3-9,30H,11-12H2,1-2H3. The summed E-state index contributed by atoms with van der Waals surface area (Å²) >= 11 is 5.92. The average Bonchev–Trinajstić information content (AvgIpc) is 2.72. The number of Topliss-reactive ketones (excluding diaryl/α,β-unsaturated/α-hetero) is 1. The third-order valence-electron chi connectivity index (χ3n) is 4.83. The first-order valence-electron chi connectivity index (χ1n) is 9.26. The van der Waals surface area contributed by atoms with E-state index in [4.69, 9.17) is 16.3 Å². The van der Waals surface area contributed by atoms with Crippen LogP contribution in [0, 0.1) is 31.0 Å². The molecule has 158 valence electrons. The molecule has 1 aromatic heterocycles. The Morgan fingerprint density at radius 1 is 1.23 bits per heavy atom. The van der Waals surface area contributed by atoms with Crippen LogP contribution in [0.2, 0.25) is 5.02 Å². The van der Waals surface area contributed by atoms with Crippen molar-refractivity contribution in [3.63, 3.8) is 0 Å². The maximum Gasteiger partial charge on any atom is 0.271 e. The van der Waals surface area contributed by atoms with Crippen LogP contribution in [0.3, 0.4) is 0 Å². The van der Waals surface area contributed by atoms with Gasteiger partial charge >= 0.3 is 0 Å². The van der Waals surface area contributed by atoms with Gasteiger partial charge < -0.3 is 9.84 Å². The highest BCUT2D eigenvalue weighted by molar-refractivity contribution is 6.30. The second-order valence-corrected chi connectivity index (χ2v) is 7.39. The molecule has 0 aliphatic heterocycles. The number of ether oxygens (including phenoxy) is 1. The Morgan fingerprint density at radius 2 is 1.90 bits per heavy atom. The van der Waals surface area contributed by atoms with E-state index in [2.05, 4.69) is 0 Å². The number of pyridine rings is 1. The summed E-state index contributed by atoms with van der Waals surface area (Å²) in [5.74, 6) is -1.19. The maximum absolute atomic E-state index is 13.2. The summed E-state index contributed by atoms with van der Waals surface area (Å²) in [5.41, 5.74) is 0.128. The van der Waals surface area contributed by atoms with E-state index >= 15 is 0 Å². The number of nitriles is 1. The molecule has 0 spiro atoms. The van der Waals surface area contributed by atoms with Crippen molar-refractivity contribution in [1.29, 1.82) is 5.26 Å². The van der Waals surface area contributed by atoms with Crippen molar-refractivity contribution < 1.29 is 19.0 Å². The van der Waals surface area contributed by atoms with Crippen LogP contribution in [-0.4, -0.2) is 22.1 Å². The quantitative estimate of drug-likeness (QED) is 0.581. The third-order valence-corrected chi connectivity index (χ3v) is 5.06. The molecule has 0 atom stereocenters. The Kier molecular flexibility index (Phi) is 6.42. The smallest absolute Gasteiger partial charge is 0.271 e. The maximum atomic E-state index is 13.2. The summed E-state index contributed by atoms with van der Waals surface area (Å²) in [5, 5.41) is 20.7. The number of nitrogens with zero attached hydrogens (tertiary/aromatic N) is 2. The van der Waals surface area contributed by atoms with Crippen molar-refractivity contribution in [1.82, 2.24) is 4.57 Å². The Labute approximate surface area is 182 Å². The molecule has 0 saturated heterocycles. The SMILES string of the molecule is Cc1cc(Cl)ccc1OCC(=O)c1c(C)c(C#N)c(=O)n(Cc2ccc(F)cc2)c1O. The average molecular weight is 441 g/mol. The molecule has 6 nitrogen and oxygen atoms in total. The van der Waals surface area contributed by atoms with Crippen molar-refractivity contribution in [3.05, 3.63) is 91.5 Å². The van der Waals surface area contributed by atoms with Crippen molar-refractivity contribution in [3.8, 4) is 17.7 Å². The fourth-order valence-corrected chi connectivity index (χ4v) is 3.42. The molecule has 0 saturated carbocycles. The van der Waals surface area contributed by atoms with Gasteiger partial charge in [0.15, 0.2) is 6.61 Å². The van der Waals surface area contributed by atoms with E-state index in [1.807, 2.05) is 0 Å². The highest BCUT2D eigenvalue weighted by atomic mass is 35.5. The van der Waals surface area contributed by atoms with Crippen LogP contribution in [0.1, 0.15) is 32.6 Å². The lowest BCUT2D eigenvalue weighted by atomic mass is 10.0. The zero-order valence-corrected chi connectivity index (χ0v) is 17.5. The lowest BCUT2D eigenvalue weighted by Crippen LogP contribution is -2.28. The van der Waals surface area contributed by atoms with Gasteiger partial charge in [-0.1, -0.05) is 23.7 Å². The summed E-state index contributed by atoms with van der Waals surface area (Å²) in [7, 11) is 0. The summed E-state index contributed by atoms with van der Waals surface area (Å²) in [6.45, 7) is 2.63. The molecule has 0 aliphatic rings. The zero-order valence-electron chi connectivity index (χ0n) is 16.8. The van der Waals surface area contributed by atoms with E-state index in [1.54, 1.807) is 31.2 Å². The summed E-state index contributed by atoms with van der Waals surface area (Å²) < 4.78 is 19.7. The van der Waals surface area contributed by atoms with Crippen molar-refractivity contribution in [2.75, 3.05) is 6.61 Å². The Bertz CT molecular complexity index is 1260. The van der Waals surface area contributed by atoms with Crippen molar-refractivity contribution in [2.24, 2.45) is 0 Å². The number of ketones is 1. The molecule has 0 bridgehead atoms. The predicted octanol–water partition coefficient (Wildman–Crippen LogP) is 4.14. The third kappa shape index (κ3) is 4.60. The van der Waals surface area contributed by atoms with Gasteiger partial charge in [-0.05, 0) is 60.9 Å². The second kappa shape index (κ2) is 9.02. The number of aromatic hydroxyl groups is 1. The number of hydrogen-bond donors (Lipinski definition) is 1. The fourth-order valence-electron chi connectivity index (χ4n) is 3.19. The van der Waals surface area contributed by atoms with Gasteiger partial charge in [-0.2, -0.15) is 5.26 Å². The van der Waals surface area contributed by atoms with Gasteiger partial charge in [-0.25, -0.2) is 4.39 Å². The largest absolute Gasteiger partial charge is 0.494 e. The first-order valence-corrected chi connectivity index (χ1v) is 9.63. The van der Waals surface area contributed by atoms with Gasteiger partial charge in [-0.3, -0.25) is 14.2 Å². The van der Waals surface area contributed by atoms with Crippen LogP contribution in [-0.2, 0) is 6.54 Å². The number of rotatable bonds is 6. The van der Waals surface area contributed by atoms with Crippen LogP contribution >= 0.6 is 11.6 Å². The molecule has 0 fully saturated rings. The highest BCUT2D eigenvalue weighted by Crippen LogP contribution is 2.25.